The molecular weight excluding hydrogens is 302 g/mol. The Morgan fingerprint density at radius 1 is 1.17 bits per heavy atom. The summed E-state index contributed by atoms with van der Waals surface area (Å²) >= 11 is 0. The molecule has 0 radical (unpaired) electrons. The third-order valence-corrected chi connectivity index (χ3v) is 3.52. The molecular formula is C16H17NO6. The Hall–Kier alpha value is -2.83. The molecule has 0 spiro atoms. The normalized spacial score (nSPS) is 10.4. The van der Waals surface area contributed by atoms with Crippen LogP contribution >= 0.6 is 0 Å². The van der Waals surface area contributed by atoms with Gasteiger partial charge in [0.15, 0.2) is 6.61 Å². The molecule has 0 aliphatic heterocycles. The van der Waals surface area contributed by atoms with Crippen molar-refractivity contribution in [3.8, 4) is 0 Å². The van der Waals surface area contributed by atoms with Gasteiger partial charge in [0.05, 0.1) is 24.6 Å². The number of hydrogen-bond acceptors (Lipinski definition) is 6. The third-order valence-electron chi connectivity index (χ3n) is 3.52. The Bertz CT molecular complexity index is 768. The van der Waals surface area contributed by atoms with E-state index >= 15 is 0 Å². The van der Waals surface area contributed by atoms with Gasteiger partial charge in [0.2, 0.25) is 5.78 Å². The Kier molecular flexibility index (Phi) is 4.68. The van der Waals surface area contributed by atoms with Crippen LogP contribution in [-0.2, 0) is 9.47 Å². The van der Waals surface area contributed by atoms with E-state index in [0.717, 1.165) is 0 Å². The number of ether oxygens (including phenoxy) is 2. The van der Waals surface area contributed by atoms with Crippen LogP contribution in [0.15, 0.2) is 16.7 Å². The van der Waals surface area contributed by atoms with E-state index in [4.69, 9.17) is 9.15 Å². The van der Waals surface area contributed by atoms with Crippen LogP contribution in [0.4, 0.5) is 0 Å². The molecule has 23 heavy (non-hydrogen) atoms. The summed E-state index contributed by atoms with van der Waals surface area (Å²) in [6, 6.07) is 1.47. The summed E-state index contributed by atoms with van der Waals surface area (Å²) in [5.41, 5.74) is 1.80. The molecule has 0 atom stereocenters. The molecule has 0 saturated carbocycles. The lowest BCUT2D eigenvalue weighted by Crippen LogP contribution is -2.15. The molecule has 0 unspecified atom stereocenters. The summed E-state index contributed by atoms with van der Waals surface area (Å²) in [4.78, 5) is 38.6. The number of rotatable bonds is 5. The fourth-order valence-corrected chi connectivity index (χ4v) is 2.31. The highest BCUT2D eigenvalue weighted by atomic mass is 16.5. The number of hydrogen-bond donors (Lipinski definition) is 1. The number of aromatic nitrogens is 1. The minimum absolute atomic E-state index is 0.222. The minimum atomic E-state index is -0.640. The van der Waals surface area contributed by atoms with Gasteiger partial charge >= 0.3 is 11.9 Å². The van der Waals surface area contributed by atoms with Crippen molar-refractivity contribution in [1.29, 1.82) is 0 Å². The van der Waals surface area contributed by atoms with Crippen molar-refractivity contribution in [2.45, 2.75) is 20.8 Å². The van der Waals surface area contributed by atoms with E-state index in [9.17, 15) is 14.4 Å². The Morgan fingerprint density at radius 3 is 2.43 bits per heavy atom. The number of carbonyl (C=O) groups excluding carboxylic acids is 3. The topological polar surface area (TPSA) is 98.6 Å². The van der Waals surface area contributed by atoms with E-state index in [1.54, 1.807) is 20.8 Å². The summed E-state index contributed by atoms with van der Waals surface area (Å²) in [6.07, 6.45) is 1.37. The lowest BCUT2D eigenvalue weighted by atomic mass is 10.1. The maximum Gasteiger partial charge on any atom is 0.342 e. The molecule has 0 bridgehead atoms. The predicted octanol–water partition coefficient (Wildman–Crippen LogP) is 2.36. The number of nitrogens with one attached hydrogen (secondary N) is 1. The second-order valence-electron chi connectivity index (χ2n) is 5.01. The molecule has 2 aromatic rings. The first-order valence-electron chi connectivity index (χ1n) is 6.88. The number of H-pyrrole nitrogens is 1. The van der Waals surface area contributed by atoms with Gasteiger partial charge in [-0.1, -0.05) is 0 Å². The van der Waals surface area contributed by atoms with Crippen molar-refractivity contribution in [3.05, 3.63) is 46.2 Å². The average Bonchev–Trinajstić information content (AvgIpc) is 3.07. The van der Waals surface area contributed by atoms with Gasteiger partial charge in [0.1, 0.15) is 11.3 Å². The number of furan rings is 1. The minimum Gasteiger partial charge on any atom is -0.469 e. The second-order valence-corrected chi connectivity index (χ2v) is 5.01. The van der Waals surface area contributed by atoms with Gasteiger partial charge in [-0.3, -0.25) is 4.79 Å². The van der Waals surface area contributed by atoms with Crippen molar-refractivity contribution < 1.29 is 28.3 Å². The number of esters is 2. The second kappa shape index (κ2) is 6.51. The SMILES string of the molecule is COC(=O)c1c(C)[nH]c(C(=O)COC(=O)c2ccoc2C)c1C. The summed E-state index contributed by atoms with van der Waals surface area (Å²) in [7, 11) is 1.27. The van der Waals surface area contributed by atoms with Gasteiger partial charge in [0, 0.05) is 5.69 Å². The number of Topliss-reactive ketones (excluding diaryl/α,β-unsaturated/α-hetero) is 1. The van der Waals surface area contributed by atoms with Crippen LogP contribution in [0.3, 0.4) is 0 Å². The molecule has 0 amide bonds. The molecule has 7 heteroatoms. The largest absolute Gasteiger partial charge is 0.469 e. The molecule has 1 N–H and O–H groups in total. The first kappa shape index (κ1) is 16.5. The summed E-state index contributed by atoms with van der Waals surface area (Å²) in [5, 5.41) is 0. The van der Waals surface area contributed by atoms with Gasteiger partial charge in [-0.25, -0.2) is 9.59 Å². The Morgan fingerprint density at radius 2 is 1.87 bits per heavy atom. The number of aromatic amines is 1. The monoisotopic (exact) mass is 319 g/mol. The molecule has 2 aromatic heterocycles. The van der Waals surface area contributed by atoms with Crippen molar-refractivity contribution in [1.82, 2.24) is 4.98 Å². The number of methoxy groups -OCH3 is 1. The smallest absolute Gasteiger partial charge is 0.342 e. The zero-order chi connectivity index (χ0) is 17.1. The number of ketones is 1. The van der Waals surface area contributed by atoms with E-state index in [1.165, 1.54) is 19.4 Å². The highest BCUT2D eigenvalue weighted by Crippen LogP contribution is 2.19. The van der Waals surface area contributed by atoms with Crippen molar-refractivity contribution in [2.24, 2.45) is 0 Å². The zero-order valence-corrected chi connectivity index (χ0v) is 13.3. The van der Waals surface area contributed by atoms with Gasteiger partial charge in [0.25, 0.3) is 0 Å². The standard InChI is InChI=1S/C16H17NO6/c1-8-13(16(20)21-4)9(2)17-14(8)12(18)7-23-15(19)11-5-6-22-10(11)3/h5-6,17H,7H2,1-4H3. The van der Waals surface area contributed by atoms with Crippen LogP contribution < -0.4 is 0 Å². The molecule has 0 aliphatic rings. The van der Waals surface area contributed by atoms with Gasteiger partial charge in [-0.05, 0) is 32.4 Å². The Balaban J connectivity index is 2.11. The van der Waals surface area contributed by atoms with E-state index in [0.29, 0.717) is 22.6 Å². The fourth-order valence-electron chi connectivity index (χ4n) is 2.31. The highest BCUT2D eigenvalue weighted by Gasteiger charge is 2.23. The van der Waals surface area contributed by atoms with Crippen molar-refractivity contribution in [2.75, 3.05) is 13.7 Å². The van der Waals surface area contributed by atoms with Crippen LogP contribution in [0.25, 0.3) is 0 Å². The molecule has 0 saturated heterocycles. The van der Waals surface area contributed by atoms with E-state index in [1.807, 2.05) is 0 Å². The summed E-state index contributed by atoms with van der Waals surface area (Å²) in [5.74, 6) is -1.18. The molecule has 122 valence electrons. The quantitative estimate of drug-likeness (QED) is 0.671. The van der Waals surface area contributed by atoms with Crippen LogP contribution in [-0.4, -0.2) is 36.4 Å². The lowest BCUT2D eigenvalue weighted by Gasteiger charge is -2.04. The van der Waals surface area contributed by atoms with Gasteiger partial charge in [-0.15, -0.1) is 0 Å². The maximum atomic E-state index is 12.2. The first-order chi connectivity index (χ1) is 10.9. The van der Waals surface area contributed by atoms with Crippen LogP contribution in [0, 0.1) is 20.8 Å². The summed E-state index contributed by atoms with van der Waals surface area (Å²) < 4.78 is 14.7. The van der Waals surface area contributed by atoms with Gasteiger partial charge in [-0.2, -0.15) is 0 Å². The number of aryl methyl sites for hydroxylation is 2. The van der Waals surface area contributed by atoms with Crippen molar-refractivity contribution >= 4 is 17.7 Å². The first-order valence-corrected chi connectivity index (χ1v) is 6.88. The number of carbonyl (C=O) groups is 3. The van der Waals surface area contributed by atoms with Gasteiger partial charge < -0.3 is 18.9 Å². The van der Waals surface area contributed by atoms with Crippen LogP contribution in [0.1, 0.15) is 48.2 Å². The molecule has 0 fully saturated rings. The molecule has 0 aliphatic carbocycles. The van der Waals surface area contributed by atoms with E-state index in [-0.39, 0.29) is 11.3 Å². The van der Waals surface area contributed by atoms with E-state index in [2.05, 4.69) is 9.72 Å². The Labute approximate surface area is 132 Å². The highest BCUT2D eigenvalue weighted by molar-refractivity contribution is 6.03. The van der Waals surface area contributed by atoms with Crippen LogP contribution in [0.2, 0.25) is 0 Å². The van der Waals surface area contributed by atoms with E-state index < -0.39 is 24.3 Å². The zero-order valence-electron chi connectivity index (χ0n) is 13.3. The third kappa shape index (κ3) is 3.18. The molecule has 0 aromatic carbocycles. The predicted molar refractivity (Wildman–Crippen MR) is 79.7 cm³/mol. The fraction of sp³-hybridized carbons (Fsp3) is 0.312. The van der Waals surface area contributed by atoms with Crippen LogP contribution in [0.5, 0.6) is 0 Å². The molecule has 2 rings (SSSR count). The summed E-state index contributed by atoms with van der Waals surface area (Å²) in [6.45, 7) is 4.48. The van der Waals surface area contributed by atoms with Crippen molar-refractivity contribution in [3.63, 3.8) is 0 Å². The molecule has 7 nitrogen and oxygen atoms in total. The lowest BCUT2D eigenvalue weighted by molar-refractivity contribution is 0.0471. The average molecular weight is 319 g/mol. The maximum absolute atomic E-state index is 12.2. The molecule has 2 heterocycles.